The second-order valence-corrected chi connectivity index (χ2v) is 7.27. The molecular weight excluding hydrogens is 348 g/mol. The van der Waals surface area contributed by atoms with E-state index in [0.29, 0.717) is 13.1 Å². The third-order valence-electron chi connectivity index (χ3n) is 4.47. The van der Waals surface area contributed by atoms with Gasteiger partial charge in [0.2, 0.25) is 0 Å². The molecule has 26 heavy (non-hydrogen) atoms. The van der Waals surface area contributed by atoms with Crippen LogP contribution in [0.4, 0.5) is 0 Å². The Kier molecular flexibility index (Phi) is 7.50. The molecule has 0 unspecified atom stereocenters. The maximum Gasteiger partial charge on any atom is 0.191 e. The molecule has 0 aliphatic heterocycles. The van der Waals surface area contributed by atoms with Crippen LogP contribution in [0.3, 0.4) is 0 Å². The van der Waals surface area contributed by atoms with Crippen molar-refractivity contribution < 1.29 is 0 Å². The van der Waals surface area contributed by atoms with E-state index in [2.05, 4.69) is 39.1 Å². The molecule has 2 N–H and O–H groups in total. The lowest BCUT2D eigenvalue weighted by atomic mass is 10.2. The molecule has 0 aliphatic rings. The summed E-state index contributed by atoms with van der Waals surface area (Å²) in [6.07, 6.45) is 3.22. The SMILES string of the molecule is CSCCCNC(=NCc1c(C)nn(C)c1C)NCc1nnc(C)n1C. The second kappa shape index (κ2) is 9.61. The molecule has 0 saturated heterocycles. The highest BCUT2D eigenvalue weighted by atomic mass is 32.2. The minimum absolute atomic E-state index is 0.580. The first-order valence-electron chi connectivity index (χ1n) is 8.79. The highest BCUT2D eigenvalue weighted by Gasteiger charge is 2.10. The lowest BCUT2D eigenvalue weighted by molar-refractivity contribution is 0.710. The second-order valence-electron chi connectivity index (χ2n) is 6.29. The van der Waals surface area contributed by atoms with Crippen molar-refractivity contribution >= 4 is 17.7 Å². The molecule has 2 aromatic heterocycles. The Morgan fingerprint density at radius 3 is 2.50 bits per heavy atom. The number of rotatable bonds is 8. The van der Waals surface area contributed by atoms with E-state index in [-0.39, 0.29) is 0 Å². The predicted molar refractivity (Wildman–Crippen MR) is 107 cm³/mol. The van der Waals surface area contributed by atoms with Gasteiger partial charge < -0.3 is 15.2 Å². The molecule has 144 valence electrons. The van der Waals surface area contributed by atoms with Gasteiger partial charge in [-0.15, -0.1) is 10.2 Å². The molecule has 0 aromatic carbocycles. The van der Waals surface area contributed by atoms with Crippen LogP contribution in [0.5, 0.6) is 0 Å². The lowest BCUT2D eigenvalue weighted by Crippen LogP contribution is -2.38. The van der Waals surface area contributed by atoms with Gasteiger partial charge in [-0.2, -0.15) is 16.9 Å². The number of nitrogens with one attached hydrogen (secondary N) is 2. The Morgan fingerprint density at radius 2 is 1.92 bits per heavy atom. The molecule has 0 fully saturated rings. The third-order valence-corrected chi connectivity index (χ3v) is 5.17. The van der Waals surface area contributed by atoms with Gasteiger partial charge in [0, 0.05) is 31.9 Å². The van der Waals surface area contributed by atoms with Crippen LogP contribution >= 0.6 is 11.8 Å². The summed E-state index contributed by atoms with van der Waals surface area (Å²) < 4.78 is 3.88. The van der Waals surface area contributed by atoms with Gasteiger partial charge in [0.25, 0.3) is 0 Å². The van der Waals surface area contributed by atoms with Crippen molar-refractivity contribution in [3.05, 3.63) is 28.6 Å². The minimum Gasteiger partial charge on any atom is -0.356 e. The van der Waals surface area contributed by atoms with Gasteiger partial charge in [-0.05, 0) is 39.2 Å². The molecule has 0 bridgehead atoms. The average Bonchev–Trinajstić information content (AvgIpc) is 3.06. The molecule has 0 aliphatic carbocycles. The number of nitrogens with zero attached hydrogens (tertiary/aromatic N) is 6. The molecule has 2 rings (SSSR count). The van der Waals surface area contributed by atoms with Gasteiger partial charge in [0.15, 0.2) is 11.8 Å². The van der Waals surface area contributed by atoms with E-state index in [0.717, 1.165) is 47.7 Å². The predicted octanol–water partition coefficient (Wildman–Crippen LogP) is 1.46. The van der Waals surface area contributed by atoms with Crippen LogP contribution in [0.1, 0.15) is 35.0 Å². The summed E-state index contributed by atoms with van der Waals surface area (Å²) in [6.45, 7) is 8.11. The lowest BCUT2D eigenvalue weighted by Gasteiger charge is -2.12. The zero-order valence-electron chi connectivity index (χ0n) is 16.6. The van der Waals surface area contributed by atoms with Gasteiger partial charge in [0.05, 0.1) is 18.8 Å². The Morgan fingerprint density at radius 1 is 1.15 bits per heavy atom. The molecule has 0 amide bonds. The summed E-state index contributed by atoms with van der Waals surface area (Å²) >= 11 is 1.85. The molecule has 2 heterocycles. The quantitative estimate of drug-likeness (QED) is 0.411. The van der Waals surface area contributed by atoms with Crippen LogP contribution in [0.15, 0.2) is 4.99 Å². The summed E-state index contributed by atoms with van der Waals surface area (Å²) in [6, 6.07) is 0. The van der Waals surface area contributed by atoms with E-state index < -0.39 is 0 Å². The van der Waals surface area contributed by atoms with Crippen LogP contribution in [0.25, 0.3) is 0 Å². The molecule has 2 aromatic rings. The van der Waals surface area contributed by atoms with Crippen molar-refractivity contribution in [2.45, 2.75) is 40.3 Å². The third kappa shape index (κ3) is 5.23. The molecule has 0 saturated carbocycles. The normalized spacial score (nSPS) is 11.8. The number of thioether (sulfide) groups is 1. The number of hydrogen-bond donors (Lipinski definition) is 2. The summed E-state index contributed by atoms with van der Waals surface area (Å²) in [5.74, 6) is 3.70. The Labute approximate surface area is 159 Å². The Bertz CT molecular complexity index is 746. The van der Waals surface area contributed by atoms with Crippen molar-refractivity contribution in [2.24, 2.45) is 19.1 Å². The van der Waals surface area contributed by atoms with Crippen molar-refractivity contribution in [2.75, 3.05) is 18.6 Å². The van der Waals surface area contributed by atoms with Crippen molar-refractivity contribution in [3.63, 3.8) is 0 Å². The van der Waals surface area contributed by atoms with Gasteiger partial charge in [-0.1, -0.05) is 0 Å². The number of hydrogen-bond acceptors (Lipinski definition) is 5. The van der Waals surface area contributed by atoms with Gasteiger partial charge in [-0.25, -0.2) is 4.99 Å². The maximum atomic E-state index is 4.75. The fourth-order valence-corrected chi connectivity index (χ4v) is 3.00. The van der Waals surface area contributed by atoms with Crippen molar-refractivity contribution in [1.29, 1.82) is 0 Å². The first-order valence-corrected chi connectivity index (χ1v) is 10.2. The molecule has 0 spiro atoms. The first kappa shape index (κ1) is 20.3. The fraction of sp³-hybridized carbons (Fsp3) is 0.647. The topological polar surface area (TPSA) is 84.9 Å². The van der Waals surface area contributed by atoms with Gasteiger partial charge >= 0.3 is 0 Å². The van der Waals surface area contributed by atoms with Crippen LogP contribution in [-0.2, 0) is 27.2 Å². The van der Waals surface area contributed by atoms with E-state index in [1.165, 1.54) is 5.56 Å². The average molecular weight is 379 g/mol. The summed E-state index contributed by atoms with van der Waals surface area (Å²) in [7, 11) is 3.93. The zero-order chi connectivity index (χ0) is 19.1. The van der Waals surface area contributed by atoms with Gasteiger partial charge in [-0.3, -0.25) is 4.68 Å². The van der Waals surface area contributed by atoms with Gasteiger partial charge in [0.1, 0.15) is 5.82 Å². The van der Waals surface area contributed by atoms with Crippen LogP contribution < -0.4 is 10.6 Å². The summed E-state index contributed by atoms with van der Waals surface area (Å²) in [5, 5.41) is 19.5. The number of aromatic nitrogens is 5. The summed E-state index contributed by atoms with van der Waals surface area (Å²) in [5.41, 5.74) is 3.35. The fourth-order valence-electron chi connectivity index (χ4n) is 2.57. The van der Waals surface area contributed by atoms with Crippen molar-refractivity contribution in [1.82, 2.24) is 35.2 Å². The van der Waals surface area contributed by atoms with Crippen LogP contribution in [-0.4, -0.2) is 49.1 Å². The van der Waals surface area contributed by atoms with Crippen molar-refractivity contribution in [3.8, 4) is 0 Å². The van der Waals surface area contributed by atoms with Crippen LogP contribution in [0.2, 0.25) is 0 Å². The maximum absolute atomic E-state index is 4.75. The Balaban J connectivity index is 2.05. The molecule has 0 radical (unpaired) electrons. The number of aryl methyl sites for hydroxylation is 3. The van der Waals surface area contributed by atoms with E-state index in [1.807, 2.05) is 49.0 Å². The standard InChI is InChI=1S/C17H30N8S/c1-12-15(13(2)25(5)23-12)10-19-17(18-8-7-9-26-6)20-11-16-22-21-14(3)24(16)4/h7-11H2,1-6H3,(H2,18,19,20). The largest absolute Gasteiger partial charge is 0.356 e. The monoisotopic (exact) mass is 378 g/mol. The van der Waals surface area contributed by atoms with E-state index in [9.17, 15) is 0 Å². The molecular formula is C17H30N8S. The molecule has 9 heteroatoms. The van der Waals surface area contributed by atoms with E-state index in [1.54, 1.807) is 0 Å². The summed E-state index contributed by atoms with van der Waals surface area (Å²) in [4.78, 5) is 4.75. The number of aliphatic imine (C=N–C) groups is 1. The minimum atomic E-state index is 0.580. The highest BCUT2D eigenvalue weighted by molar-refractivity contribution is 7.98. The highest BCUT2D eigenvalue weighted by Crippen LogP contribution is 2.12. The van der Waals surface area contributed by atoms with E-state index >= 15 is 0 Å². The van der Waals surface area contributed by atoms with Crippen LogP contribution in [0, 0.1) is 20.8 Å². The Hall–Kier alpha value is -2.03. The first-order chi connectivity index (χ1) is 12.4. The zero-order valence-corrected chi connectivity index (χ0v) is 17.4. The smallest absolute Gasteiger partial charge is 0.191 e. The number of guanidine groups is 1. The molecule has 0 atom stereocenters. The van der Waals surface area contributed by atoms with E-state index in [4.69, 9.17) is 4.99 Å². The molecule has 8 nitrogen and oxygen atoms in total.